The van der Waals surface area contributed by atoms with Gasteiger partial charge in [-0.1, -0.05) is 21.6 Å². The van der Waals surface area contributed by atoms with Crippen LogP contribution in [-0.4, -0.2) is 40.7 Å². The van der Waals surface area contributed by atoms with Crippen LogP contribution in [0.1, 0.15) is 52.5 Å². The molecule has 1 aliphatic heterocycles. The lowest BCUT2D eigenvalue weighted by molar-refractivity contribution is -0.460. The third-order valence-corrected chi connectivity index (χ3v) is 8.42. The summed E-state index contributed by atoms with van der Waals surface area (Å²) in [6.07, 6.45) is 3.68. The number of nitrogens with one attached hydrogen (secondary N) is 2. The maximum atomic E-state index is 14.6. The average Bonchev–Trinajstić information content (AvgIpc) is 3.31. The summed E-state index contributed by atoms with van der Waals surface area (Å²) in [7, 11) is 0.296. The van der Waals surface area contributed by atoms with E-state index in [0.29, 0.717) is 20.1 Å². The van der Waals surface area contributed by atoms with Crippen LogP contribution in [0.3, 0.4) is 0 Å². The van der Waals surface area contributed by atoms with Gasteiger partial charge in [0.25, 0.3) is 5.91 Å². The second kappa shape index (κ2) is 11.3. The number of nitrogens with zero attached hydrogens (tertiary/aromatic N) is 3. The number of halogens is 4. The molecule has 3 unspecified atom stereocenters. The maximum Gasteiger partial charge on any atom is 0.443 e. The molecule has 1 saturated carbocycles. The first-order chi connectivity index (χ1) is 17.5. The van der Waals surface area contributed by atoms with Crippen molar-refractivity contribution in [3.05, 3.63) is 69.5 Å². The summed E-state index contributed by atoms with van der Waals surface area (Å²) in [5, 5.41) is 5.61. The number of aliphatic imine (C=N–C) groups is 1. The van der Waals surface area contributed by atoms with Gasteiger partial charge in [0.15, 0.2) is 17.8 Å². The number of carbonyl (C=O) groups excluding carboxylic acids is 1. The van der Waals surface area contributed by atoms with Crippen LogP contribution in [0.2, 0.25) is 0 Å². The molecule has 0 radical (unpaired) electrons. The topological polar surface area (TPSA) is 69.4 Å². The number of allylic oxidation sites excluding steroid dienone is 1. The zero-order chi connectivity index (χ0) is 26.7. The number of rotatable bonds is 8. The Morgan fingerprint density at radius 2 is 2.14 bits per heavy atom. The Balaban J connectivity index is 1.39. The van der Waals surface area contributed by atoms with Gasteiger partial charge in [0.1, 0.15) is 23.1 Å². The molecule has 2 N–H and O–H groups in total. The molecule has 0 bridgehead atoms. The fraction of sp³-hybridized carbons (Fsp3) is 0.360. The van der Waals surface area contributed by atoms with E-state index in [4.69, 9.17) is 0 Å². The molecular formula is C25H27F4N5OPS+. The minimum Gasteiger partial charge on any atom is -0.321 e. The predicted octanol–water partition coefficient (Wildman–Crippen LogP) is 6.16. The molecule has 1 fully saturated rings. The number of alkyl halides is 3. The molecule has 0 spiro atoms. The van der Waals surface area contributed by atoms with E-state index < -0.39 is 29.0 Å². The van der Waals surface area contributed by atoms with Crippen molar-refractivity contribution >= 4 is 44.4 Å². The van der Waals surface area contributed by atoms with Crippen molar-refractivity contribution in [3.63, 3.8) is 0 Å². The highest BCUT2D eigenvalue weighted by Gasteiger charge is 2.35. The number of benzene rings is 1. The number of hydrogen-bond donors (Lipinski definition) is 2. The largest absolute Gasteiger partial charge is 0.443 e. The van der Waals surface area contributed by atoms with Crippen LogP contribution in [-0.2, 0) is 6.18 Å². The molecule has 6 nitrogen and oxygen atoms in total. The van der Waals surface area contributed by atoms with Gasteiger partial charge in [-0.05, 0) is 43.3 Å². The van der Waals surface area contributed by atoms with E-state index in [9.17, 15) is 22.4 Å². The van der Waals surface area contributed by atoms with Gasteiger partial charge in [-0.3, -0.25) is 15.1 Å². The SMILES string of the molecule is C=C1PC(NC(C)c2cc(NC(=O)c3cnc(C(F)(F)F)s3)ccc2F)C=N/C1=C/[N+](=C)CC1CCC1. The van der Waals surface area contributed by atoms with Crippen molar-refractivity contribution in [3.8, 4) is 0 Å². The highest BCUT2D eigenvalue weighted by Crippen LogP contribution is 2.37. The first-order valence-electron chi connectivity index (χ1n) is 11.7. The molecule has 37 heavy (non-hydrogen) atoms. The van der Waals surface area contributed by atoms with E-state index >= 15 is 0 Å². The zero-order valence-corrected chi connectivity index (χ0v) is 21.9. The van der Waals surface area contributed by atoms with Gasteiger partial charge >= 0.3 is 6.18 Å². The number of carbonyl (C=O) groups is 1. The van der Waals surface area contributed by atoms with E-state index in [2.05, 4.69) is 33.9 Å². The summed E-state index contributed by atoms with van der Waals surface area (Å²) in [5.74, 6) is -0.698. The molecule has 2 heterocycles. The fourth-order valence-corrected chi connectivity index (χ4v) is 5.79. The molecule has 2 aliphatic rings. The number of anilines is 1. The summed E-state index contributed by atoms with van der Waals surface area (Å²) in [6, 6.07) is 3.58. The second-order valence-corrected chi connectivity index (χ2v) is 11.6. The standard InChI is InChI=1S/C25H26F4N5OPS/c1-14(32-22-11-30-20(15(2)36-22)13-34(3)12-16-5-4-6-16)18-9-17(7-8-19(18)26)33-23(35)21-10-31-24(37-21)25(27,28)29/h7-11,13-14,16,22,32,36H,2-6,12H2,1H3/p+1/b20-13+. The average molecular weight is 553 g/mol. The van der Waals surface area contributed by atoms with Crippen molar-refractivity contribution in [2.24, 2.45) is 10.9 Å². The van der Waals surface area contributed by atoms with Crippen LogP contribution < -0.4 is 10.6 Å². The van der Waals surface area contributed by atoms with E-state index in [1.807, 2.05) is 10.8 Å². The molecule has 1 amide bonds. The van der Waals surface area contributed by atoms with Gasteiger partial charge < -0.3 is 5.32 Å². The van der Waals surface area contributed by atoms with Gasteiger partial charge in [-0.25, -0.2) is 13.9 Å². The Labute approximate surface area is 218 Å². The molecule has 1 aromatic heterocycles. The van der Waals surface area contributed by atoms with Gasteiger partial charge in [0, 0.05) is 29.4 Å². The lowest BCUT2D eigenvalue weighted by atomic mass is 9.85. The van der Waals surface area contributed by atoms with Crippen molar-refractivity contribution in [1.29, 1.82) is 0 Å². The van der Waals surface area contributed by atoms with Gasteiger partial charge in [0.2, 0.25) is 0 Å². The zero-order valence-electron chi connectivity index (χ0n) is 20.1. The van der Waals surface area contributed by atoms with Crippen LogP contribution in [0, 0.1) is 11.7 Å². The maximum absolute atomic E-state index is 14.6. The molecule has 0 saturated heterocycles. The van der Waals surface area contributed by atoms with E-state index in [-0.39, 0.29) is 27.7 Å². The summed E-state index contributed by atoms with van der Waals surface area (Å²) in [5.41, 5.74) is 1.34. The Morgan fingerprint density at radius 3 is 2.76 bits per heavy atom. The van der Waals surface area contributed by atoms with Crippen molar-refractivity contribution in [1.82, 2.24) is 10.3 Å². The summed E-state index contributed by atoms with van der Waals surface area (Å²) in [6.45, 7) is 10.9. The highest BCUT2D eigenvalue weighted by atomic mass is 32.1. The van der Waals surface area contributed by atoms with Crippen molar-refractivity contribution < 1.29 is 26.9 Å². The van der Waals surface area contributed by atoms with E-state index in [1.54, 1.807) is 13.1 Å². The monoisotopic (exact) mass is 552 g/mol. The fourth-order valence-electron chi connectivity index (χ4n) is 3.98. The third kappa shape index (κ3) is 6.97. The number of hydrogen-bond acceptors (Lipinski definition) is 5. The molecule has 2 aromatic rings. The lowest BCUT2D eigenvalue weighted by Gasteiger charge is -2.25. The quantitative estimate of drug-likeness (QED) is 0.178. The van der Waals surface area contributed by atoms with Crippen LogP contribution in [0.4, 0.5) is 23.2 Å². The molecular weight excluding hydrogens is 525 g/mol. The predicted molar refractivity (Wildman–Crippen MR) is 140 cm³/mol. The Bertz CT molecular complexity index is 1270. The third-order valence-electron chi connectivity index (χ3n) is 6.15. The number of thiazole rings is 1. The normalized spacial score (nSPS) is 20.7. The number of amides is 1. The molecule has 196 valence electrons. The van der Waals surface area contributed by atoms with Crippen LogP contribution in [0.5, 0.6) is 0 Å². The first-order valence-corrected chi connectivity index (χ1v) is 13.6. The van der Waals surface area contributed by atoms with Crippen molar-refractivity contribution in [2.75, 3.05) is 11.9 Å². The Kier molecular flexibility index (Phi) is 8.36. The van der Waals surface area contributed by atoms with Gasteiger partial charge in [-0.2, -0.15) is 13.2 Å². The summed E-state index contributed by atoms with van der Waals surface area (Å²) in [4.78, 5) is 20.0. The molecule has 4 rings (SSSR count). The van der Waals surface area contributed by atoms with Crippen LogP contribution in [0.15, 0.2) is 53.2 Å². The van der Waals surface area contributed by atoms with Gasteiger partial charge in [0.05, 0.1) is 12.0 Å². The van der Waals surface area contributed by atoms with E-state index in [0.717, 1.165) is 23.8 Å². The number of aromatic nitrogens is 1. The minimum atomic E-state index is -4.62. The smallest absolute Gasteiger partial charge is 0.321 e. The van der Waals surface area contributed by atoms with Crippen LogP contribution >= 0.6 is 19.9 Å². The summed E-state index contributed by atoms with van der Waals surface area (Å²) < 4.78 is 54.9. The lowest BCUT2D eigenvalue weighted by Crippen LogP contribution is -2.31. The second-order valence-electron chi connectivity index (χ2n) is 9.07. The first kappa shape index (κ1) is 27.3. The van der Waals surface area contributed by atoms with Gasteiger partial charge in [-0.15, -0.1) is 11.3 Å². The molecule has 1 aliphatic carbocycles. The van der Waals surface area contributed by atoms with E-state index in [1.165, 1.54) is 37.5 Å². The van der Waals surface area contributed by atoms with Crippen LogP contribution in [0.25, 0.3) is 0 Å². The summed E-state index contributed by atoms with van der Waals surface area (Å²) >= 11 is 0.247. The Hall–Kier alpha value is -2.75. The highest BCUT2D eigenvalue weighted by molar-refractivity contribution is 7.45. The minimum absolute atomic E-state index is 0.153. The molecule has 1 aromatic carbocycles. The van der Waals surface area contributed by atoms with Crippen molar-refractivity contribution in [2.45, 2.75) is 44.2 Å². The molecule has 3 atom stereocenters. The Morgan fingerprint density at radius 1 is 1.38 bits per heavy atom. The molecule has 12 heteroatoms.